The Bertz CT molecular complexity index is 687. The van der Waals surface area contributed by atoms with Gasteiger partial charge in [0.1, 0.15) is 11.5 Å². The van der Waals surface area contributed by atoms with Crippen LogP contribution in [0.2, 0.25) is 0 Å². The van der Waals surface area contributed by atoms with Crippen LogP contribution < -0.4 is 4.74 Å². The molecule has 0 fully saturated rings. The van der Waals surface area contributed by atoms with E-state index < -0.39 is 5.97 Å². The summed E-state index contributed by atoms with van der Waals surface area (Å²) < 4.78 is 10.5. The van der Waals surface area contributed by atoms with Crippen LogP contribution in [0.15, 0.2) is 11.6 Å². The fraction of sp³-hybridized carbons (Fsp3) is 0.412. The molecule has 6 heteroatoms. The van der Waals surface area contributed by atoms with Gasteiger partial charge in [-0.15, -0.1) is 0 Å². The summed E-state index contributed by atoms with van der Waals surface area (Å²) in [4.78, 5) is 20.4. The van der Waals surface area contributed by atoms with Gasteiger partial charge in [0, 0.05) is 23.1 Å². The van der Waals surface area contributed by atoms with Crippen LogP contribution in [0.3, 0.4) is 0 Å². The first-order chi connectivity index (χ1) is 10.9. The molecule has 0 radical (unpaired) electrons. The number of cyclic esters (lactones) is 1. The molecule has 0 aromatic heterocycles. The Labute approximate surface area is 134 Å². The van der Waals surface area contributed by atoms with Crippen LogP contribution >= 0.6 is 0 Å². The molecule has 0 unspecified atom stereocenters. The van der Waals surface area contributed by atoms with Crippen molar-refractivity contribution in [1.82, 2.24) is 0 Å². The largest absolute Gasteiger partial charge is 0.522 e. The number of rotatable bonds is 6. The monoisotopic (exact) mass is 321 g/mol. The Balaban J connectivity index is 2.37. The van der Waals surface area contributed by atoms with E-state index in [0.29, 0.717) is 35.3 Å². The molecule has 0 spiro atoms. The summed E-state index contributed by atoms with van der Waals surface area (Å²) in [5.41, 5.74) is 3.31. The first-order valence-electron chi connectivity index (χ1n) is 7.34. The molecule has 1 aromatic carbocycles. The van der Waals surface area contributed by atoms with E-state index in [-0.39, 0.29) is 24.7 Å². The van der Waals surface area contributed by atoms with E-state index in [1.54, 1.807) is 0 Å². The Morgan fingerprint density at radius 2 is 2.13 bits per heavy atom. The number of carbonyl (C=O) groups excluding carboxylic acids is 1. The average Bonchev–Trinajstić information content (AvgIpc) is 2.89. The topological polar surface area (TPSA) is 97.4 Å². The lowest BCUT2D eigenvalue weighted by molar-refractivity contribution is -0.136. The van der Waals surface area contributed by atoms with Crippen molar-refractivity contribution in [2.75, 3.05) is 7.11 Å². The lowest BCUT2D eigenvalue weighted by Gasteiger charge is -2.14. The number of carboxylic acids is 1. The maximum atomic E-state index is 10.6. The van der Waals surface area contributed by atoms with Crippen molar-refractivity contribution in [1.29, 1.82) is 0 Å². The van der Waals surface area contributed by atoms with Crippen LogP contribution in [0.25, 0.3) is 0 Å². The zero-order valence-electron chi connectivity index (χ0n) is 13.5. The molecule has 6 nitrogen and oxygen atoms in total. The third kappa shape index (κ3) is 3.31. The Kier molecular flexibility index (Phi) is 4.93. The van der Waals surface area contributed by atoms with Gasteiger partial charge in [-0.05, 0) is 26.7 Å². The Hall–Kier alpha value is -2.50. The maximum Gasteiger partial charge on any atom is 0.522 e. The van der Waals surface area contributed by atoms with E-state index in [1.165, 1.54) is 7.11 Å². The molecule has 1 heterocycles. The van der Waals surface area contributed by atoms with Crippen molar-refractivity contribution in [2.24, 2.45) is 0 Å². The molecule has 1 aliphatic rings. The first-order valence-corrected chi connectivity index (χ1v) is 7.34. The van der Waals surface area contributed by atoms with Crippen molar-refractivity contribution < 1.29 is 29.3 Å². The number of allylic oxidation sites excluding steroid dienone is 2. The van der Waals surface area contributed by atoms with E-state index in [1.807, 2.05) is 19.9 Å². The van der Waals surface area contributed by atoms with Crippen LogP contribution in [-0.4, -0.2) is 34.1 Å². The molecule has 23 heavy (non-hydrogen) atoms. The highest BCUT2D eigenvalue weighted by atomic mass is 16.5. The predicted molar refractivity (Wildman–Crippen MR) is 84.6 cm³/mol. The number of carboxylic acid groups (broad SMARTS) is 1. The van der Waals surface area contributed by atoms with Crippen molar-refractivity contribution in [2.45, 2.75) is 39.7 Å². The van der Waals surface area contributed by atoms with Crippen LogP contribution in [0.1, 0.15) is 42.0 Å². The second kappa shape index (κ2) is 6.73. The number of aromatic hydroxyl groups is 1. The van der Waals surface area contributed by atoms with Crippen LogP contribution in [0, 0.1) is 6.92 Å². The number of ether oxygens (including phenoxy) is 2. The first kappa shape index (κ1) is 16.9. The molecule has 0 saturated carbocycles. The molecule has 3 N–H and O–H groups in total. The molecule has 124 valence electrons. The molecule has 1 aliphatic heterocycles. The molecular weight excluding hydrogens is 300 g/mol. The van der Waals surface area contributed by atoms with Gasteiger partial charge in [0.2, 0.25) is 6.61 Å². The van der Waals surface area contributed by atoms with Gasteiger partial charge in [-0.25, -0.2) is 0 Å². The quantitative estimate of drug-likeness (QED) is 0.476. The molecule has 0 saturated heterocycles. The number of carbonyl (C=O) groups is 1. The zero-order valence-corrected chi connectivity index (χ0v) is 13.5. The van der Waals surface area contributed by atoms with Gasteiger partial charge in [0.15, 0.2) is 5.56 Å². The second-order valence-corrected chi connectivity index (χ2v) is 5.58. The number of benzene rings is 1. The van der Waals surface area contributed by atoms with E-state index in [2.05, 4.69) is 0 Å². The van der Waals surface area contributed by atoms with Crippen molar-refractivity contribution in [3.05, 3.63) is 33.9 Å². The normalized spacial score (nSPS) is 13.7. The predicted octanol–water partition coefficient (Wildman–Crippen LogP) is 2.44. The standard InChI is InChI=1S/C17H20O6/c1-9(5-7-13(18)19)4-6-11-15(20)14-12(8-23-17(14)21)10(2)16(11)22-3/h4,20H,5-8H2,1-3H3,(H,18,19)/p+1/b9-4+. The number of esters is 1. The third-order valence-electron chi connectivity index (χ3n) is 4.05. The molecule has 0 atom stereocenters. The summed E-state index contributed by atoms with van der Waals surface area (Å²) in [5.74, 6) is -0.624. The van der Waals surface area contributed by atoms with E-state index in [9.17, 15) is 14.7 Å². The highest BCUT2D eigenvalue weighted by Crippen LogP contribution is 2.41. The Morgan fingerprint density at radius 1 is 1.43 bits per heavy atom. The molecule has 0 amide bonds. The summed E-state index contributed by atoms with van der Waals surface area (Å²) in [6.07, 6.45) is 2.75. The van der Waals surface area contributed by atoms with E-state index >= 15 is 0 Å². The van der Waals surface area contributed by atoms with Crippen LogP contribution in [-0.2, 0) is 22.6 Å². The van der Waals surface area contributed by atoms with Gasteiger partial charge in [-0.2, -0.15) is 0 Å². The summed E-state index contributed by atoms with van der Waals surface area (Å²) in [5, 5.41) is 19.2. The van der Waals surface area contributed by atoms with Crippen molar-refractivity contribution in [3.63, 3.8) is 0 Å². The smallest absolute Gasteiger partial charge is 0.506 e. The number of phenolic OH excluding ortho intramolecular Hbond substituents is 1. The van der Waals surface area contributed by atoms with E-state index in [4.69, 9.17) is 14.6 Å². The fourth-order valence-electron chi connectivity index (χ4n) is 2.72. The fourth-order valence-corrected chi connectivity index (χ4v) is 2.72. The zero-order chi connectivity index (χ0) is 17.1. The highest BCUT2D eigenvalue weighted by Gasteiger charge is 2.38. The van der Waals surface area contributed by atoms with Gasteiger partial charge < -0.3 is 24.5 Å². The summed E-state index contributed by atoms with van der Waals surface area (Å²) in [6, 6.07) is 0. The highest BCUT2D eigenvalue weighted by molar-refractivity contribution is 5.98. The Morgan fingerprint density at radius 3 is 2.74 bits per heavy atom. The van der Waals surface area contributed by atoms with E-state index in [0.717, 1.165) is 11.1 Å². The minimum atomic E-state index is -0.844. The van der Waals surface area contributed by atoms with Gasteiger partial charge in [-0.1, -0.05) is 11.6 Å². The minimum Gasteiger partial charge on any atom is -0.506 e. The van der Waals surface area contributed by atoms with Crippen LogP contribution in [0.4, 0.5) is 0 Å². The van der Waals surface area contributed by atoms with Crippen LogP contribution in [0.5, 0.6) is 11.5 Å². The number of hydrogen-bond acceptors (Lipinski definition) is 4. The SMILES string of the molecule is COc1c(C)c2c(c(O)c1C/C=C(\C)CCC(=O)O)C(=[OH+])OC2. The van der Waals surface area contributed by atoms with Gasteiger partial charge in [0.25, 0.3) is 0 Å². The molecule has 2 rings (SSSR count). The minimum absolute atomic E-state index is 0.0558. The van der Waals surface area contributed by atoms with Crippen molar-refractivity contribution >= 4 is 11.9 Å². The van der Waals surface area contributed by atoms with Crippen molar-refractivity contribution in [3.8, 4) is 11.5 Å². The number of phenols is 1. The maximum absolute atomic E-state index is 10.6. The van der Waals surface area contributed by atoms with Gasteiger partial charge >= 0.3 is 11.9 Å². The number of methoxy groups -OCH3 is 1. The number of aliphatic carboxylic acids is 1. The number of fused-ring (bicyclic) bond motifs is 1. The molecular formula is C17H21O6+. The lowest BCUT2D eigenvalue weighted by Crippen LogP contribution is -2.03. The number of hydrogen-bond donors (Lipinski definition) is 2. The third-order valence-corrected chi connectivity index (χ3v) is 4.05. The van der Waals surface area contributed by atoms with Gasteiger partial charge in [0.05, 0.1) is 7.11 Å². The van der Waals surface area contributed by atoms with Gasteiger partial charge in [-0.3, -0.25) is 4.79 Å². The summed E-state index contributed by atoms with van der Waals surface area (Å²) in [7, 11) is 1.53. The molecule has 1 aromatic rings. The lowest BCUT2D eigenvalue weighted by atomic mass is 9.94. The summed E-state index contributed by atoms with van der Waals surface area (Å²) >= 11 is 0. The molecule has 0 bridgehead atoms. The molecule has 0 aliphatic carbocycles. The average molecular weight is 321 g/mol. The summed E-state index contributed by atoms with van der Waals surface area (Å²) in [6.45, 7) is 3.90. The second-order valence-electron chi connectivity index (χ2n) is 5.58.